The topological polar surface area (TPSA) is 0 Å². The van der Waals surface area contributed by atoms with E-state index in [0.717, 1.165) is 47.6 Å². The monoisotopic (exact) mass is 368 g/mol. The molecule has 0 amide bonds. The highest BCUT2D eigenvalue weighted by molar-refractivity contribution is 5.38. The maximum atomic E-state index is 15.4. The lowest BCUT2D eigenvalue weighted by Gasteiger charge is -2.42. The van der Waals surface area contributed by atoms with E-state index in [1.807, 2.05) is 0 Å². The van der Waals surface area contributed by atoms with Crippen LogP contribution in [0.5, 0.6) is 0 Å². The maximum Gasteiger partial charge on any atom is 0.130 e. The highest BCUT2D eigenvalue weighted by Crippen LogP contribution is 2.49. The molecule has 4 rings (SSSR count). The normalized spacial score (nSPS) is 33.2. The molecule has 0 aliphatic heterocycles. The summed E-state index contributed by atoms with van der Waals surface area (Å²) in [6.45, 7) is 6.15. The van der Waals surface area contributed by atoms with Crippen molar-refractivity contribution in [2.45, 2.75) is 89.9 Å². The minimum Gasteiger partial charge on any atom is -0.206 e. The second kappa shape index (κ2) is 8.50. The number of rotatable bonds is 5. The van der Waals surface area contributed by atoms with Gasteiger partial charge in [-0.15, -0.1) is 6.58 Å². The minimum atomic E-state index is 0.171. The van der Waals surface area contributed by atoms with Crippen molar-refractivity contribution >= 4 is 0 Å². The van der Waals surface area contributed by atoms with Crippen LogP contribution in [0.15, 0.2) is 24.8 Å². The van der Waals surface area contributed by atoms with Crippen molar-refractivity contribution in [2.75, 3.05) is 0 Å². The zero-order valence-corrected chi connectivity index (χ0v) is 17.2. The third-order valence-electron chi connectivity index (χ3n) is 8.20. The molecule has 0 N–H and O–H groups in total. The third-order valence-corrected chi connectivity index (χ3v) is 8.20. The average Bonchev–Trinajstić information content (AvgIpc) is 2.71. The van der Waals surface area contributed by atoms with Crippen molar-refractivity contribution in [1.29, 1.82) is 0 Å². The molecule has 3 aliphatic rings. The van der Waals surface area contributed by atoms with E-state index < -0.39 is 0 Å². The van der Waals surface area contributed by atoms with Gasteiger partial charge in [-0.3, -0.25) is 0 Å². The first kappa shape index (κ1) is 19.2. The second-order valence-electron chi connectivity index (χ2n) is 9.70. The zero-order chi connectivity index (χ0) is 18.8. The SMILES string of the molecule is C=CCCC1CCC2CC(c3ccc4c(c3F)CCC(CC)C4)CCC2C1. The molecule has 2 fully saturated rings. The van der Waals surface area contributed by atoms with E-state index in [2.05, 4.69) is 31.7 Å². The van der Waals surface area contributed by atoms with Crippen LogP contribution in [0.2, 0.25) is 0 Å². The number of hydrogen-bond donors (Lipinski definition) is 0. The molecule has 5 atom stereocenters. The fraction of sp³-hybridized carbons (Fsp3) is 0.692. The molecule has 27 heavy (non-hydrogen) atoms. The predicted octanol–water partition coefficient (Wildman–Crippen LogP) is 7.61. The Bertz CT molecular complexity index is 660. The van der Waals surface area contributed by atoms with Gasteiger partial charge in [-0.2, -0.15) is 0 Å². The Balaban J connectivity index is 1.43. The van der Waals surface area contributed by atoms with Crippen LogP contribution in [0.4, 0.5) is 4.39 Å². The molecule has 0 nitrogen and oxygen atoms in total. The molecule has 1 aromatic carbocycles. The Morgan fingerprint density at radius 1 is 1.04 bits per heavy atom. The number of benzene rings is 1. The molecular weight excluding hydrogens is 331 g/mol. The van der Waals surface area contributed by atoms with E-state index >= 15 is 4.39 Å². The number of halogens is 1. The molecule has 3 aliphatic carbocycles. The van der Waals surface area contributed by atoms with Crippen LogP contribution in [-0.2, 0) is 12.8 Å². The Hall–Kier alpha value is -1.11. The molecule has 2 saturated carbocycles. The van der Waals surface area contributed by atoms with E-state index in [9.17, 15) is 0 Å². The van der Waals surface area contributed by atoms with Gasteiger partial charge < -0.3 is 0 Å². The maximum absolute atomic E-state index is 15.4. The number of allylic oxidation sites excluding steroid dienone is 1. The van der Waals surface area contributed by atoms with Crippen molar-refractivity contribution in [3.63, 3.8) is 0 Å². The van der Waals surface area contributed by atoms with E-state index in [4.69, 9.17) is 0 Å². The van der Waals surface area contributed by atoms with Gasteiger partial charge >= 0.3 is 0 Å². The molecular formula is C26H37F. The summed E-state index contributed by atoms with van der Waals surface area (Å²) in [5.41, 5.74) is 3.41. The Morgan fingerprint density at radius 2 is 1.85 bits per heavy atom. The van der Waals surface area contributed by atoms with Crippen molar-refractivity contribution in [3.8, 4) is 0 Å². The lowest BCUT2D eigenvalue weighted by atomic mass is 9.63. The number of hydrogen-bond acceptors (Lipinski definition) is 0. The van der Waals surface area contributed by atoms with Gasteiger partial charge in [0.05, 0.1) is 0 Å². The molecule has 148 valence electrons. The van der Waals surface area contributed by atoms with Gasteiger partial charge in [-0.05, 0) is 110 Å². The Kier molecular flexibility index (Phi) is 6.05. The first-order chi connectivity index (χ1) is 13.2. The first-order valence-electron chi connectivity index (χ1n) is 11.6. The van der Waals surface area contributed by atoms with Crippen LogP contribution in [0.1, 0.15) is 93.7 Å². The highest BCUT2D eigenvalue weighted by Gasteiger charge is 2.37. The molecule has 0 aromatic heterocycles. The summed E-state index contributed by atoms with van der Waals surface area (Å²) < 4.78 is 15.4. The van der Waals surface area contributed by atoms with Crippen LogP contribution in [0.25, 0.3) is 0 Å². The standard InChI is InChI=1S/C26H37F/c1-3-5-6-19-7-9-21-17-23(11-10-20(21)16-19)25-14-12-22-15-18(4-2)8-13-24(22)26(25)27/h3,12,14,18-21,23H,1,4-11,13,15-17H2,2H3. The summed E-state index contributed by atoms with van der Waals surface area (Å²) in [7, 11) is 0. The Labute approximate surface area is 165 Å². The summed E-state index contributed by atoms with van der Waals surface area (Å²) in [5.74, 6) is 4.04. The van der Waals surface area contributed by atoms with E-state index in [-0.39, 0.29) is 5.82 Å². The average molecular weight is 369 g/mol. The fourth-order valence-corrected chi connectivity index (χ4v) is 6.45. The van der Waals surface area contributed by atoms with Crippen LogP contribution >= 0.6 is 0 Å². The van der Waals surface area contributed by atoms with Gasteiger partial charge in [0.1, 0.15) is 5.82 Å². The second-order valence-corrected chi connectivity index (χ2v) is 9.70. The van der Waals surface area contributed by atoms with Crippen LogP contribution in [-0.4, -0.2) is 0 Å². The molecule has 0 bridgehead atoms. The quantitative estimate of drug-likeness (QED) is 0.469. The van der Waals surface area contributed by atoms with Gasteiger partial charge in [0, 0.05) is 0 Å². The fourth-order valence-electron chi connectivity index (χ4n) is 6.45. The number of fused-ring (bicyclic) bond motifs is 2. The highest BCUT2D eigenvalue weighted by atomic mass is 19.1. The molecule has 0 saturated heterocycles. The molecule has 1 aromatic rings. The van der Waals surface area contributed by atoms with Gasteiger partial charge in [0.25, 0.3) is 0 Å². The predicted molar refractivity (Wildman–Crippen MR) is 113 cm³/mol. The summed E-state index contributed by atoms with van der Waals surface area (Å²) >= 11 is 0. The van der Waals surface area contributed by atoms with Gasteiger partial charge in [0.15, 0.2) is 0 Å². The molecule has 0 radical (unpaired) electrons. The van der Waals surface area contributed by atoms with Crippen LogP contribution < -0.4 is 0 Å². The summed E-state index contributed by atoms with van der Waals surface area (Å²) in [4.78, 5) is 0. The van der Waals surface area contributed by atoms with Gasteiger partial charge in [0.2, 0.25) is 0 Å². The summed E-state index contributed by atoms with van der Waals surface area (Å²) in [6.07, 6.45) is 16.9. The zero-order valence-electron chi connectivity index (χ0n) is 17.2. The molecule has 0 spiro atoms. The van der Waals surface area contributed by atoms with E-state index in [1.54, 1.807) is 0 Å². The van der Waals surface area contributed by atoms with Gasteiger partial charge in [-0.25, -0.2) is 4.39 Å². The van der Waals surface area contributed by atoms with Crippen molar-refractivity contribution < 1.29 is 4.39 Å². The molecule has 0 heterocycles. The van der Waals surface area contributed by atoms with Crippen molar-refractivity contribution in [2.24, 2.45) is 23.7 Å². The van der Waals surface area contributed by atoms with E-state index in [0.29, 0.717) is 5.92 Å². The van der Waals surface area contributed by atoms with Crippen LogP contribution in [0.3, 0.4) is 0 Å². The minimum absolute atomic E-state index is 0.171. The van der Waals surface area contributed by atoms with Crippen molar-refractivity contribution in [1.82, 2.24) is 0 Å². The molecule has 5 unspecified atom stereocenters. The summed E-state index contributed by atoms with van der Waals surface area (Å²) in [6, 6.07) is 4.43. The summed E-state index contributed by atoms with van der Waals surface area (Å²) in [5, 5.41) is 0. The molecule has 1 heteroatoms. The largest absolute Gasteiger partial charge is 0.206 e. The Morgan fingerprint density at radius 3 is 2.67 bits per heavy atom. The smallest absolute Gasteiger partial charge is 0.130 e. The van der Waals surface area contributed by atoms with E-state index in [1.165, 1.54) is 69.8 Å². The third kappa shape index (κ3) is 4.03. The van der Waals surface area contributed by atoms with Crippen molar-refractivity contribution in [3.05, 3.63) is 47.3 Å². The first-order valence-corrected chi connectivity index (χ1v) is 11.6. The van der Waals surface area contributed by atoms with Gasteiger partial charge in [-0.1, -0.05) is 38.0 Å². The lowest BCUT2D eigenvalue weighted by molar-refractivity contribution is 0.114. The van der Waals surface area contributed by atoms with Crippen LogP contribution in [0, 0.1) is 29.5 Å². The lowest BCUT2D eigenvalue weighted by Crippen LogP contribution is -2.31.